The molecular weight excluding hydrogens is 288 g/mol. The number of nitro groups is 1. The second kappa shape index (κ2) is 5.47. The minimum atomic E-state index is -0.411. The Hall–Kier alpha value is -2.51. The number of nitro benzene ring substituents is 1. The maximum absolute atomic E-state index is 10.6. The Balaban J connectivity index is 1.84. The van der Waals surface area contributed by atoms with Crippen LogP contribution in [-0.2, 0) is 0 Å². The van der Waals surface area contributed by atoms with E-state index in [1.807, 2.05) is 17.5 Å². The lowest BCUT2D eigenvalue weighted by Crippen LogP contribution is -2.28. The summed E-state index contributed by atoms with van der Waals surface area (Å²) in [6.07, 6.45) is 5.22. The van der Waals surface area contributed by atoms with Gasteiger partial charge in [0.15, 0.2) is 0 Å². The van der Waals surface area contributed by atoms with Gasteiger partial charge in [-0.05, 0) is 17.7 Å². The van der Waals surface area contributed by atoms with Crippen LogP contribution in [-0.4, -0.2) is 11.3 Å². The number of thiophene rings is 1. The van der Waals surface area contributed by atoms with E-state index in [9.17, 15) is 10.1 Å². The van der Waals surface area contributed by atoms with Crippen molar-refractivity contribution in [3.05, 3.63) is 55.8 Å². The van der Waals surface area contributed by atoms with E-state index in [4.69, 9.17) is 5.73 Å². The minimum absolute atomic E-state index is 0.0849. The van der Waals surface area contributed by atoms with Crippen molar-refractivity contribution in [2.45, 2.75) is 6.17 Å². The van der Waals surface area contributed by atoms with Crippen LogP contribution in [0.4, 0.5) is 11.4 Å². The van der Waals surface area contributed by atoms with Crippen molar-refractivity contribution in [3.63, 3.8) is 0 Å². The van der Waals surface area contributed by atoms with Crippen molar-refractivity contribution in [1.29, 1.82) is 0 Å². The molecule has 1 atom stereocenters. The normalized spacial score (nSPS) is 16.7. The van der Waals surface area contributed by atoms with E-state index >= 15 is 0 Å². The fourth-order valence-corrected chi connectivity index (χ4v) is 2.95. The van der Waals surface area contributed by atoms with Crippen molar-refractivity contribution < 1.29 is 4.92 Å². The third-order valence-corrected chi connectivity index (χ3v) is 4.18. The molecule has 2 aromatic rings. The highest BCUT2D eigenvalue weighted by molar-refractivity contribution is 7.10. The predicted octanol–water partition coefficient (Wildman–Crippen LogP) is 3.05. The monoisotopic (exact) mass is 300 g/mol. The molecule has 106 valence electrons. The van der Waals surface area contributed by atoms with Crippen LogP contribution in [0.15, 0.2) is 34.6 Å². The summed E-state index contributed by atoms with van der Waals surface area (Å²) in [7, 11) is 0. The van der Waals surface area contributed by atoms with Crippen molar-refractivity contribution in [2.24, 2.45) is 10.7 Å². The first-order valence-electron chi connectivity index (χ1n) is 6.23. The van der Waals surface area contributed by atoms with Gasteiger partial charge in [-0.3, -0.25) is 10.1 Å². The average molecular weight is 300 g/mol. The number of nitrogens with one attached hydrogen (secondary N) is 1. The van der Waals surface area contributed by atoms with E-state index in [0.29, 0.717) is 0 Å². The topological polar surface area (TPSA) is 93.5 Å². The Bertz CT molecular complexity index is 734. The highest BCUT2D eigenvalue weighted by atomic mass is 32.1. The summed E-state index contributed by atoms with van der Waals surface area (Å²) in [6.45, 7) is 0. The second-order valence-corrected chi connectivity index (χ2v) is 5.40. The molecule has 0 spiro atoms. The van der Waals surface area contributed by atoms with Crippen molar-refractivity contribution >= 4 is 41.2 Å². The van der Waals surface area contributed by atoms with Crippen molar-refractivity contribution in [1.82, 2.24) is 5.32 Å². The van der Waals surface area contributed by atoms with Gasteiger partial charge in [-0.2, -0.15) is 0 Å². The summed E-state index contributed by atoms with van der Waals surface area (Å²) < 4.78 is 0. The summed E-state index contributed by atoms with van der Waals surface area (Å²) in [6, 6.07) is 6.40. The number of benzene rings is 1. The summed E-state index contributed by atoms with van der Waals surface area (Å²) in [5.41, 5.74) is 8.78. The Kier molecular flexibility index (Phi) is 3.51. The third kappa shape index (κ3) is 2.69. The smallest absolute Gasteiger partial charge is 0.269 e. The second-order valence-electron chi connectivity index (χ2n) is 4.49. The Morgan fingerprint density at radius 1 is 1.33 bits per heavy atom. The molecule has 0 fully saturated rings. The van der Waals surface area contributed by atoms with Crippen LogP contribution in [0.5, 0.6) is 0 Å². The standard InChI is InChI=1S/C14H12N4O2S/c15-14-13-12(16-8-17-14)10(7-21-13)4-1-9-2-5-11(6-3-9)18(19)20/h1-8,14H,15H2,(H,16,17)/b4-1+. The predicted molar refractivity (Wildman–Crippen MR) is 84.6 cm³/mol. The van der Waals surface area contributed by atoms with Crippen molar-refractivity contribution in [3.8, 4) is 0 Å². The number of hydrogen-bond acceptors (Lipinski definition) is 6. The van der Waals surface area contributed by atoms with Gasteiger partial charge in [0.2, 0.25) is 0 Å². The summed E-state index contributed by atoms with van der Waals surface area (Å²) >= 11 is 1.56. The molecule has 1 unspecified atom stereocenters. The third-order valence-electron chi connectivity index (χ3n) is 3.11. The highest BCUT2D eigenvalue weighted by Gasteiger charge is 2.17. The number of nitrogens with zero attached hydrogens (tertiary/aromatic N) is 2. The van der Waals surface area contributed by atoms with E-state index in [1.165, 1.54) is 12.1 Å². The SMILES string of the molecule is NC1NC=Nc2c(/C=C/c3ccc([N+](=O)[O-])cc3)csc21. The molecule has 0 aliphatic carbocycles. The lowest BCUT2D eigenvalue weighted by atomic mass is 10.1. The van der Waals surface area contributed by atoms with Crippen LogP contribution in [0.2, 0.25) is 0 Å². The molecule has 1 aromatic carbocycles. The van der Waals surface area contributed by atoms with Crippen LogP contribution in [0.3, 0.4) is 0 Å². The molecule has 7 heteroatoms. The molecular formula is C14H12N4O2S. The van der Waals surface area contributed by atoms with Gasteiger partial charge in [0.05, 0.1) is 21.8 Å². The van der Waals surface area contributed by atoms with Gasteiger partial charge in [-0.15, -0.1) is 11.3 Å². The summed E-state index contributed by atoms with van der Waals surface area (Å²) in [4.78, 5) is 15.5. The lowest BCUT2D eigenvalue weighted by molar-refractivity contribution is -0.384. The molecule has 0 saturated carbocycles. The first kappa shape index (κ1) is 13.5. The lowest BCUT2D eigenvalue weighted by Gasteiger charge is -2.14. The van der Waals surface area contributed by atoms with Gasteiger partial charge >= 0.3 is 0 Å². The van der Waals surface area contributed by atoms with E-state index < -0.39 is 4.92 Å². The quantitative estimate of drug-likeness (QED) is 0.673. The molecule has 1 aliphatic rings. The number of fused-ring (bicyclic) bond motifs is 1. The molecule has 0 saturated heterocycles. The minimum Gasteiger partial charge on any atom is -0.356 e. The van der Waals surface area contributed by atoms with E-state index in [2.05, 4.69) is 10.3 Å². The number of nitrogens with two attached hydrogens (primary N) is 1. The Morgan fingerprint density at radius 3 is 2.81 bits per heavy atom. The largest absolute Gasteiger partial charge is 0.356 e. The van der Waals surface area contributed by atoms with Crippen LogP contribution < -0.4 is 11.1 Å². The molecule has 3 rings (SSSR count). The zero-order valence-electron chi connectivity index (χ0n) is 10.9. The summed E-state index contributed by atoms with van der Waals surface area (Å²) in [5, 5.41) is 15.6. The van der Waals surface area contributed by atoms with Crippen LogP contribution in [0.1, 0.15) is 22.2 Å². The zero-order chi connectivity index (χ0) is 14.8. The first-order chi connectivity index (χ1) is 10.1. The maximum atomic E-state index is 10.6. The average Bonchev–Trinajstić information content (AvgIpc) is 2.90. The molecule has 6 nitrogen and oxygen atoms in total. The zero-order valence-corrected chi connectivity index (χ0v) is 11.7. The van der Waals surface area contributed by atoms with Gasteiger partial charge in [0, 0.05) is 23.1 Å². The van der Waals surface area contributed by atoms with E-state index in [1.54, 1.807) is 29.8 Å². The molecule has 0 bridgehead atoms. The molecule has 1 aliphatic heterocycles. The Labute approximate surface area is 124 Å². The van der Waals surface area contributed by atoms with Gasteiger partial charge in [0.1, 0.15) is 6.17 Å². The van der Waals surface area contributed by atoms with Crippen LogP contribution in [0, 0.1) is 10.1 Å². The van der Waals surface area contributed by atoms with Gasteiger partial charge in [0.25, 0.3) is 5.69 Å². The number of non-ortho nitro benzene ring substituents is 1. The number of aliphatic imine (C=N–C) groups is 1. The molecule has 1 aromatic heterocycles. The first-order valence-corrected chi connectivity index (χ1v) is 7.11. The fraction of sp³-hybridized carbons (Fsp3) is 0.0714. The van der Waals surface area contributed by atoms with Crippen LogP contribution >= 0.6 is 11.3 Å². The molecule has 2 heterocycles. The number of rotatable bonds is 3. The highest BCUT2D eigenvalue weighted by Crippen LogP contribution is 2.36. The Morgan fingerprint density at radius 2 is 2.10 bits per heavy atom. The van der Waals surface area contributed by atoms with Crippen molar-refractivity contribution in [2.75, 3.05) is 0 Å². The molecule has 3 N–H and O–H groups in total. The fourth-order valence-electron chi connectivity index (χ4n) is 2.01. The van der Waals surface area contributed by atoms with E-state index in [0.717, 1.165) is 21.7 Å². The van der Waals surface area contributed by atoms with Crippen LogP contribution in [0.25, 0.3) is 12.2 Å². The van der Waals surface area contributed by atoms with Gasteiger partial charge in [-0.1, -0.05) is 12.2 Å². The molecule has 0 radical (unpaired) electrons. The summed E-state index contributed by atoms with van der Waals surface area (Å²) in [5.74, 6) is 0. The number of hydrogen-bond donors (Lipinski definition) is 2. The molecule has 0 amide bonds. The maximum Gasteiger partial charge on any atom is 0.269 e. The van der Waals surface area contributed by atoms with E-state index in [-0.39, 0.29) is 11.9 Å². The molecule has 21 heavy (non-hydrogen) atoms. The van der Waals surface area contributed by atoms with Gasteiger partial charge in [-0.25, -0.2) is 4.99 Å². The van der Waals surface area contributed by atoms with Gasteiger partial charge < -0.3 is 11.1 Å².